The summed E-state index contributed by atoms with van der Waals surface area (Å²) in [4.78, 5) is 0. The minimum Gasteiger partial charge on any atom is -0.316 e. The van der Waals surface area contributed by atoms with Crippen LogP contribution in [0.15, 0.2) is 0 Å². The van der Waals surface area contributed by atoms with Crippen molar-refractivity contribution in [3.63, 3.8) is 0 Å². The molecular formula is C8H16FN. The van der Waals surface area contributed by atoms with Gasteiger partial charge in [-0.05, 0) is 25.8 Å². The Bertz CT molecular complexity index is 99.4. The summed E-state index contributed by atoms with van der Waals surface area (Å²) in [6.07, 6.45) is 3.31. The van der Waals surface area contributed by atoms with Crippen molar-refractivity contribution < 1.29 is 4.39 Å². The highest BCUT2D eigenvalue weighted by atomic mass is 19.1. The van der Waals surface area contributed by atoms with Crippen LogP contribution in [0.3, 0.4) is 0 Å². The molecule has 2 heteroatoms. The molecule has 60 valence electrons. The predicted molar refractivity (Wildman–Crippen MR) is 40.8 cm³/mol. The molecule has 0 aromatic heterocycles. The second kappa shape index (κ2) is 3.33. The highest BCUT2D eigenvalue weighted by Gasteiger charge is 2.41. The van der Waals surface area contributed by atoms with Crippen molar-refractivity contribution >= 4 is 0 Å². The summed E-state index contributed by atoms with van der Waals surface area (Å²) < 4.78 is 12.2. The Kier molecular flexibility index (Phi) is 2.66. The van der Waals surface area contributed by atoms with E-state index in [9.17, 15) is 4.39 Å². The first-order chi connectivity index (χ1) is 4.83. The maximum absolute atomic E-state index is 12.2. The molecule has 0 radical (unpaired) electrons. The molecule has 0 saturated heterocycles. The fourth-order valence-corrected chi connectivity index (χ4v) is 1.06. The van der Waals surface area contributed by atoms with Crippen LogP contribution in [0.25, 0.3) is 0 Å². The first kappa shape index (κ1) is 7.99. The van der Waals surface area contributed by atoms with Gasteiger partial charge in [-0.2, -0.15) is 0 Å². The molecule has 0 spiro atoms. The van der Waals surface area contributed by atoms with Gasteiger partial charge >= 0.3 is 0 Å². The van der Waals surface area contributed by atoms with Crippen LogP contribution in [0, 0.1) is 5.41 Å². The zero-order valence-corrected chi connectivity index (χ0v) is 6.62. The number of hydrogen-bond acceptors (Lipinski definition) is 1. The summed E-state index contributed by atoms with van der Waals surface area (Å²) in [6, 6.07) is 0. The average molecular weight is 145 g/mol. The molecule has 0 atom stereocenters. The van der Waals surface area contributed by atoms with Gasteiger partial charge in [0.05, 0.1) is 6.67 Å². The zero-order chi connectivity index (χ0) is 7.45. The maximum atomic E-state index is 12.2. The van der Waals surface area contributed by atoms with Crippen molar-refractivity contribution in [2.24, 2.45) is 5.41 Å². The fourth-order valence-electron chi connectivity index (χ4n) is 1.06. The largest absolute Gasteiger partial charge is 0.316 e. The quantitative estimate of drug-likeness (QED) is 0.581. The number of halogens is 1. The average Bonchev–Trinajstić information content (AvgIpc) is 2.70. The van der Waals surface area contributed by atoms with Gasteiger partial charge in [0.2, 0.25) is 0 Å². The van der Waals surface area contributed by atoms with Crippen molar-refractivity contribution in [2.75, 3.05) is 19.8 Å². The fraction of sp³-hybridized carbons (Fsp3) is 1.00. The lowest BCUT2D eigenvalue weighted by Gasteiger charge is -2.09. The normalized spacial score (nSPS) is 21.0. The van der Waals surface area contributed by atoms with Crippen molar-refractivity contribution in [1.82, 2.24) is 5.32 Å². The number of hydrogen-bond donors (Lipinski definition) is 1. The predicted octanol–water partition coefficient (Wildman–Crippen LogP) is 1.74. The molecule has 0 aromatic rings. The minimum atomic E-state index is -0.135. The van der Waals surface area contributed by atoms with Gasteiger partial charge in [-0.15, -0.1) is 0 Å². The molecule has 1 nitrogen and oxygen atoms in total. The lowest BCUT2D eigenvalue weighted by molar-refractivity contribution is 0.328. The SMILES string of the molecule is CCCNCC1(CF)CC1. The molecule has 10 heavy (non-hydrogen) atoms. The monoisotopic (exact) mass is 145 g/mol. The number of nitrogens with one attached hydrogen (secondary N) is 1. The van der Waals surface area contributed by atoms with E-state index >= 15 is 0 Å². The van der Waals surface area contributed by atoms with Crippen molar-refractivity contribution in [1.29, 1.82) is 0 Å². The van der Waals surface area contributed by atoms with Gasteiger partial charge in [0.15, 0.2) is 0 Å². The highest BCUT2D eigenvalue weighted by Crippen LogP contribution is 2.45. The first-order valence-corrected chi connectivity index (χ1v) is 4.10. The molecule has 0 aliphatic heterocycles. The summed E-state index contributed by atoms with van der Waals surface area (Å²) in [6.45, 7) is 3.91. The van der Waals surface area contributed by atoms with Crippen LogP contribution in [0.1, 0.15) is 26.2 Å². The number of rotatable bonds is 5. The van der Waals surface area contributed by atoms with Crippen LogP contribution >= 0.6 is 0 Å². The molecule has 1 N–H and O–H groups in total. The minimum absolute atomic E-state index is 0.0647. The van der Waals surface area contributed by atoms with E-state index in [1.54, 1.807) is 0 Å². The summed E-state index contributed by atoms with van der Waals surface area (Å²) in [7, 11) is 0. The van der Waals surface area contributed by atoms with Gasteiger partial charge in [0, 0.05) is 12.0 Å². The van der Waals surface area contributed by atoms with Crippen molar-refractivity contribution in [3.05, 3.63) is 0 Å². The van der Waals surface area contributed by atoms with Gasteiger partial charge in [-0.3, -0.25) is 4.39 Å². The van der Waals surface area contributed by atoms with Crippen molar-refractivity contribution in [2.45, 2.75) is 26.2 Å². The molecule has 0 aromatic carbocycles. The Morgan fingerprint density at radius 3 is 2.60 bits per heavy atom. The second-order valence-electron chi connectivity index (χ2n) is 3.31. The Hall–Kier alpha value is -0.110. The van der Waals surface area contributed by atoms with Gasteiger partial charge in [0.1, 0.15) is 0 Å². The maximum Gasteiger partial charge on any atom is 0.0962 e. The highest BCUT2D eigenvalue weighted by molar-refractivity contribution is 4.94. The summed E-state index contributed by atoms with van der Waals surface area (Å²) in [5.74, 6) is 0. The first-order valence-electron chi connectivity index (χ1n) is 4.10. The third-order valence-electron chi connectivity index (χ3n) is 2.17. The standard InChI is InChI=1S/C8H16FN/c1-2-5-10-7-8(6-9)3-4-8/h10H,2-7H2,1H3. The summed E-state index contributed by atoms with van der Waals surface area (Å²) >= 11 is 0. The van der Waals surface area contributed by atoms with Crippen LogP contribution in [-0.2, 0) is 0 Å². The summed E-state index contributed by atoms with van der Waals surface area (Å²) in [5.41, 5.74) is 0.0647. The molecule has 1 rings (SSSR count). The van der Waals surface area contributed by atoms with E-state index in [-0.39, 0.29) is 12.1 Å². The lowest BCUT2D eigenvalue weighted by Crippen LogP contribution is -2.25. The van der Waals surface area contributed by atoms with Crippen molar-refractivity contribution in [3.8, 4) is 0 Å². The van der Waals surface area contributed by atoms with Crippen LogP contribution in [0.5, 0.6) is 0 Å². The van der Waals surface area contributed by atoms with E-state index in [2.05, 4.69) is 12.2 Å². The Morgan fingerprint density at radius 2 is 2.20 bits per heavy atom. The molecule has 1 fully saturated rings. The van der Waals surface area contributed by atoms with Gasteiger partial charge in [-0.1, -0.05) is 6.92 Å². The van der Waals surface area contributed by atoms with Crippen LogP contribution in [0.4, 0.5) is 4.39 Å². The molecule has 1 aliphatic carbocycles. The van der Waals surface area contributed by atoms with Gasteiger partial charge in [-0.25, -0.2) is 0 Å². The van der Waals surface area contributed by atoms with Gasteiger partial charge in [0.25, 0.3) is 0 Å². The van der Waals surface area contributed by atoms with E-state index in [0.29, 0.717) is 0 Å². The van der Waals surface area contributed by atoms with Crippen LogP contribution in [-0.4, -0.2) is 19.8 Å². The third kappa shape index (κ3) is 1.94. The lowest BCUT2D eigenvalue weighted by atomic mass is 10.1. The molecular weight excluding hydrogens is 129 g/mol. The molecule has 0 bridgehead atoms. The molecule has 1 saturated carbocycles. The molecule has 0 amide bonds. The zero-order valence-electron chi connectivity index (χ0n) is 6.62. The Labute approximate surface area is 62.0 Å². The topological polar surface area (TPSA) is 12.0 Å². The molecule has 0 heterocycles. The second-order valence-corrected chi connectivity index (χ2v) is 3.31. The molecule has 1 aliphatic rings. The number of alkyl halides is 1. The smallest absolute Gasteiger partial charge is 0.0962 e. The van der Waals surface area contributed by atoms with E-state index in [0.717, 1.165) is 32.4 Å². The summed E-state index contributed by atoms with van der Waals surface area (Å²) in [5, 5.41) is 3.25. The van der Waals surface area contributed by atoms with E-state index < -0.39 is 0 Å². The van der Waals surface area contributed by atoms with Crippen LogP contribution < -0.4 is 5.32 Å². The third-order valence-corrected chi connectivity index (χ3v) is 2.17. The van der Waals surface area contributed by atoms with E-state index in [1.807, 2.05) is 0 Å². The Morgan fingerprint density at radius 1 is 1.50 bits per heavy atom. The molecule has 0 unspecified atom stereocenters. The van der Waals surface area contributed by atoms with Crippen LogP contribution in [0.2, 0.25) is 0 Å². The van der Waals surface area contributed by atoms with E-state index in [1.165, 1.54) is 0 Å². The van der Waals surface area contributed by atoms with Gasteiger partial charge < -0.3 is 5.32 Å². The van der Waals surface area contributed by atoms with E-state index in [4.69, 9.17) is 0 Å². The Balaban J connectivity index is 2.01.